The molecule has 1 aromatic rings. The molecule has 0 radical (unpaired) electrons. The van der Waals surface area contributed by atoms with Gasteiger partial charge in [-0.2, -0.15) is 0 Å². The molecule has 19 heavy (non-hydrogen) atoms. The van der Waals surface area contributed by atoms with Crippen LogP contribution in [0.5, 0.6) is 0 Å². The summed E-state index contributed by atoms with van der Waals surface area (Å²) in [6, 6.07) is 2.72. The van der Waals surface area contributed by atoms with E-state index in [-0.39, 0.29) is 24.2 Å². The maximum absolute atomic E-state index is 11.3. The summed E-state index contributed by atoms with van der Waals surface area (Å²) in [6.45, 7) is 1.57. The van der Waals surface area contributed by atoms with E-state index < -0.39 is 4.92 Å². The minimum atomic E-state index is -0.469. The van der Waals surface area contributed by atoms with Gasteiger partial charge in [0.2, 0.25) is 5.91 Å². The summed E-state index contributed by atoms with van der Waals surface area (Å²) < 4.78 is 0. The standard InChI is InChI=1S/C12H15N3O4/c1-7(6-16)13-10-5-9-8(2-3-12(17)14-9)4-11(10)15(18)19/h4-5,7,13,16H,2-3,6H2,1H3,(H,14,17). The maximum atomic E-state index is 11.3. The van der Waals surface area contributed by atoms with Crippen molar-refractivity contribution in [3.8, 4) is 0 Å². The molecule has 3 N–H and O–H groups in total. The zero-order valence-corrected chi connectivity index (χ0v) is 10.5. The molecular formula is C12H15N3O4. The SMILES string of the molecule is CC(CO)Nc1cc2c(cc1[N+](=O)[O-])CCC(=O)N2. The number of aliphatic hydroxyl groups excluding tert-OH is 1. The lowest BCUT2D eigenvalue weighted by molar-refractivity contribution is -0.384. The molecule has 0 saturated carbocycles. The molecule has 102 valence electrons. The zero-order valence-electron chi connectivity index (χ0n) is 10.5. The van der Waals surface area contributed by atoms with Crippen molar-refractivity contribution in [1.29, 1.82) is 0 Å². The van der Waals surface area contributed by atoms with E-state index in [0.717, 1.165) is 5.56 Å². The number of amides is 1. The van der Waals surface area contributed by atoms with Crippen LogP contribution < -0.4 is 10.6 Å². The van der Waals surface area contributed by atoms with Gasteiger partial charge in [0, 0.05) is 24.2 Å². The van der Waals surface area contributed by atoms with E-state index in [9.17, 15) is 14.9 Å². The molecule has 0 fully saturated rings. The van der Waals surface area contributed by atoms with Gasteiger partial charge >= 0.3 is 0 Å². The summed E-state index contributed by atoms with van der Waals surface area (Å²) in [5.74, 6) is -0.0949. The number of carbonyl (C=O) groups excluding carboxylic acids is 1. The number of carbonyl (C=O) groups is 1. The van der Waals surface area contributed by atoms with Gasteiger partial charge in [0.25, 0.3) is 5.69 Å². The van der Waals surface area contributed by atoms with Crippen LogP contribution >= 0.6 is 0 Å². The molecule has 0 saturated heterocycles. The van der Waals surface area contributed by atoms with Gasteiger partial charge in [0.05, 0.1) is 11.5 Å². The van der Waals surface area contributed by atoms with Crippen LogP contribution in [0.15, 0.2) is 12.1 Å². The summed E-state index contributed by atoms with van der Waals surface area (Å²) >= 11 is 0. The number of rotatable bonds is 4. The molecule has 1 heterocycles. The van der Waals surface area contributed by atoms with Crippen LogP contribution in [-0.2, 0) is 11.2 Å². The van der Waals surface area contributed by atoms with Gasteiger partial charge in [-0.1, -0.05) is 0 Å². The van der Waals surface area contributed by atoms with Crippen LogP contribution in [0.4, 0.5) is 17.1 Å². The van der Waals surface area contributed by atoms with Crippen molar-refractivity contribution >= 4 is 23.0 Å². The molecule has 1 atom stereocenters. The molecule has 1 amide bonds. The molecule has 1 aliphatic heterocycles. The lowest BCUT2D eigenvalue weighted by Gasteiger charge is -2.19. The smallest absolute Gasteiger partial charge is 0.292 e. The van der Waals surface area contributed by atoms with Crippen molar-refractivity contribution in [2.75, 3.05) is 17.2 Å². The minimum Gasteiger partial charge on any atom is -0.394 e. The third-order valence-corrected chi connectivity index (χ3v) is 2.99. The Balaban J connectivity index is 2.42. The Hall–Kier alpha value is -2.15. The van der Waals surface area contributed by atoms with Crippen LogP contribution in [0.3, 0.4) is 0 Å². The Labute approximate surface area is 109 Å². The molecule has 7 heteroatoms. The van der Waals surface area contributed by atoms with Gasteiger partial charge in [-0.3, -0.25) is 14.9 Å². The predicted octanol–water partition coefficient (Wildman–Crippen LogP) is 1.27. The number of hydrogen-bond donors (Lipinski definition) is 3. The van der Waals surface area contributed by atoms with Gasteiger partial charge in [-0.25, -0.2) is 0 Å². The van der Waals surface area contributed by atoms with E-state index >= 15 is 0 Å². The van der Waals surface area contributed by atoms with Gasteiger partial charge in [0.15, 0.2) is 0 Å². The third kappa shape index (κ3) is 2.82. The second-order valence-corrected chi connectivity index (χ2v) is 4.56. The van der Waals surface area contributed by atoms with E-state index in [1.807, 2.05) is 0 Å². The number of hydrogen-bond acceptors (Lipinski definition) is 5. The van der Waals surface area contributed by atoms with Gasteiger partial charge in [-0.15, -0.1) is 0 Å². The topological polar surface area (TPSA) is 104 Å². The van der Waals surface area contributed by atoms with Crippen LogP contribution in [0.1, 0.15) is 18.9 Å². The van der Waals surface area contributed by atoms with E-state index in [4.69, 9.17) is 5.11 Å². The summed E-state index contributed by atoms with van der Waals surface area (Å²) in [5, 5.41) is 25.6. The Bertz CT molecular complexity index is 530. The van der Waals surface area contributed by atoms with E-state index in [0.29, 0.717) is 24.2 Å². The fourth-order valence-corrected chi connectivity index (χ4v) is 1.99. The molecular weight excluding hydrogens is 250 g/mol. The van der Waals surface area contributed by atoms with Crippen LogP contribution in [0.2, 0.25) is 0 Å². The third-order valence-electron chi connectivity index (χ3n) is 2.99. The second kappa shape index (κ2) is 5.23. The quantitative estimate of drug-likeness (QED) is 0.561. The molecule has 1 unspecified atom stereocenters. The van der Waals surface area contributed by atoms with Crippen LogP contribution in [0.25, 0.3) is 0 Å². The first-order valence-corrected chi connectivity index (χ1v) is 6.00. The molecule has 0 aliphatic carbocycles. The normalized spacial score (nSPS) is 15.4. The fraction of sp³-hybridized carbons (Fsp3) is 0.417. The Kier molecular flexibility index (Phi) is 3.66. The highest BCUT2D eigenvalue weighted by molar-refractivity contribution is 5.95. The first kappa shape index (κ1) is 13.3. The van der Waals surface area contributed by atoms with Gasteiger partial charge in [0.1, 0.15) is 5.69 Å². The van der Waals surface area contributed by atoms with Crippen molar-refractivity contribution in [3.63, 3.8) is 0 Å². The molecule has 0 spiro atoms. The summed E-state index contributed by atoms with van der Waals surface area (Å²) in [5.41, 5.74) is 1.60. The first-order valence-electron chi connectivity index (χ1n) is 6.00. The minimum absolute atomic E-state index is 0.0461. The van der Waals surface area contributed by atoms with Crippen LogP contribution in [0, 0.1) is 10.1 Å². The number of anilines is 2. The lowest BCUT2D eigenvalue weighted by atomic mass is 10.0. The first-order chi connectivity index (χ1) is 9.01. The Morgan fingerprint density at radius 2 is 2.26 bits per heavy atom. The van der Waals surface area contributed by atoms with Crippen molar-refractivity contribution in [2.24, 2.45) is 0 Å². The van der Waals surface area contributed by atoms with Gasteiger partial charge < -0.3 is 15.7 Å². The summed E-state index contributed by atoms with van der Waals surface area (Å²) in [4.78, 5) is 21.9. The Morgan fingerprint density at radius 1 is 1.53 bits per heavy atom. The number of aryl methyl sites for hydroxylation is 1. The van der Waals surface area contributed by atoms with Gasteiger partial charge in [-0.05, 0) is 25.0 Å². The highest BCUT2D eigenvalue weighted by Crippen LogP contribution is 2.34. The number of nitrogens with one attached hydrogen (secondary N) is 2. The van der Waals surface area contributed by atoms with E-state index in [1.165, 1.54) is 6.07 Å². The molecule has 2 rings (SSSR count). The second-order valence-electron chi connectivity index (χ2n) is 4.56. The van der Waals surface area contributed by atoms with E-state index in [1.54, 1.807) is 13.0 Å². The van der Waals surface area contributed by atoms with E-state index in [2.05, 4.69) is 10.6 Å². The number of fused-ring (bicyclic) bond motifs is 1. The molecule has 1 aromatic carbocycles. The van der Waals surface area contributed by atoms with Crippen LogP contribution in [-0.4, -0.2) is 28.6 Å². The van der Waals surface area contributed by atoms with Crippen molar-refractivity contribution < 1.29 is 14.8 Å². The highest BCUT2D eigenvalue weighted by Gasteiger charge is 2.23. The average Bonchev–Trinajstić information content (AvgIpc) is 2.37. The number of nitro groups is 1. The largest absolute Gasteiger partial charge is 0.394 e. The molecule has 0 bridgehead atoms. The number of benzene rings is 1. The summed E-state index contributed by atoms with van der Waals surface area (Å²) in [7, 11) is 0. The zero-order chi connectivity index (χ0) is 14.0. The Morgan fingerprint density at radius 3 is 2.89 bits per heavy atom. The number of aliphatic hydroxyl groups is 1. The monoisotopic (exact) mass is 265 g/mol. The molecule has 0 aromatic heterocycles. The van der Waals surface area contributed by atoms with Crippen molar-refractivity contribution in [3.05, 3.63) is 27.8 Å². The average molecular weight is 265 g/mol. The molecule has 7 nitrogen and oxygen atoms in total. The lowest BCUT2D eigenvalue weighted by Crippen LogP contribution is -2.22. The fourth-order valence-electron chi connectivity index (χ4n) is 1.99. The molecule has 1 aliphatic rings. The van der Waals surface area contributed by atoms with Crippen molar-refractivity contribution in [2.45, 2.75) is 25.8 Å². The maximum Gasteiger partial charge on any atom is 0.292 e. The van der Waals surface area contributed by atoms with Crippen molar-refractivity contribution in [1.82, 2.24) is 0 Å². The highest BCUT2D eigenvalue weighted by atomic mass is 16.6. The number of nitro benzene ring substituents is 1. The summed E-state index contributed by atoms with van der Waals surface area (Å²) in [6.07, 6.45) is 0.835. The predicted molar refractivity (Wildman–Crippen MR) is 70.2 cm³/mol. The number of nitrogens with zero attached hydrogens (tertiary/aromatic N) is 1.